The highest BCUT2D eigenvalue weighted by molar-refractivity contribution is 7.19. The average molecular weight is 472 g/mol. The van der Waals surface area contributed by atoms with Crippen LogP contribution in [0.15, 0.2) is 29.3 Å². The molecular formula is C23H23F2N5O2S. The number of nitrogens with zero attached hydrogens (tertiary/aromatic N) is 4. The number of hydrogen-bond donors (Lipinski definition) is 1. The SMILES string of the molecule is CC(C)(C)[C@H]1CCc2c(sc3ncn4c(=O)n(CC(=O)Nc5ccc(F)cc5F)nc4c23)C1. The molecule has 0 radical (unpaired) electrons. The Morgan fingerprint density at radius 2 is 2.09 bits per heavy atom. The number of carbonyl (C=O) groups excluding carboxylic acids is 1. The van der Waals surface area contributed by atoms with E-state index in [4.69, 9.17) is 0 Å². The number of fused-ring (bicyclic) bond motifs is 5. The molecule has 172 valence electrons. The van der Waals surface area contributed by atoms with Crippen LogP contribution in [0.2, 0.25) is 0 Å². The molecule has 7 nitrogen and oxygen atoms in total. The van der Waals surface area contributed by atoms with Crippen LogP contribution in [0.4, 0.5) is 14.5 Å². The van der Waals surface area contributed by atoms with Gasteiger partial charge in [-0.15, -0.1) is 16.4 Å². The first kappa shape index (κ1) is 21.7. The van der Waals surface area contributed by atoms with E-state index in [9.17, 15) is 18.4 Å². The summed E-state index contributed by atoms with van der Waals surface area (Å²) in [5, 5.41) is 7.65. The fraction of sp³-hybridized carbons (Fsp3) is 0.391. The molecule has 0 saturated carbocycles. The smallest absolute Gasteiger partial charge is 0.322 e. The fourth-order valence-corrected chi connectivity index (χ4v) is 5.72. The van der Waals surface area contributed by atoms with E-state index in [2.05, 4.69) is 36.2 Å². The van der Waals surface area contributed by atoms with Crippen LogP contribution in [0.3, 0.4) is 0 Å². The van der Waals surface area contributed by atoms with Crippen molar-refractivity contribution in [2.45, 2.75) is 46.6 Å². The first-order chi connectivity index (χ1) is 15.6. The average Bonchev–Trinajstić information content (AvgIpc) is 3.26. The van der Waals surface area contributed by atoms with Crippen molar-refractivity contribution in [2.75, 3.05) is 5.32 Å². The summed E-state index contributed by atoms with van der Waals surface area (Å²) in [7, 11) is 0. The number of nitrogens with one attached hydrogen (secondary N) is 1. The highest BCUT2D eigenvalue weighted by atomic mass is 32.1. The van der Waals surface area contributed by atoms with Crippen molar-refractivity contribution in [1.29, 1.82) is 0 Å². The van der Waals surface area contributed by atoms with Crippen molar-refractivity contribution in [2.24, 2.45) is 11.3 Å². The molecule has 3 heterocycles. The summed E-state index contributed by atoms with van der Waals surface area (Å²) in [6.07, 6.45) is 4.36. The van der Waals surface area contributed by atoms with E-state index in [0.717, 1.165) is 46.3 Å². The zero-order valence-corrected chi connectivity index (χ0v) is 19.3. The molecule has 0 saturated heterocycles. The lowest BCUT2D eigenvalue weighted by Crippen LogP contribution is -2.28. The lowest BCUT2D eigenvalue weighted by molar-refractivity contribution is -0.117. The van der Waals surface area contributed by atoms with Crippen molar-refractivity contribution in [3.8, 4) is 0 Å². The van der Waals surface area contributed by atoms with E-state index in [1.54, 1.807) is 11.3 Å². The first-order valence-corrected chi connectivity index (χ1v) is 11.6. The minimum absolute atomic E-state index is 0.164. The Morgan fingerprint density at radius 1 is 1.30 bits per heavy atom. The Kier molecular flexibility index (Phi) is 5.08. The van der Waals surface area contributed by atoms with Gasteiger partial charge in [-0.2, -0.15) is 0 Å². The van der Waals surface area contributed by atoms with Crippen LogP contribution in [-0.2, 0) is 24.2 Å². The highest BCUT2D eigenvalue weighted by Gasteiger charge is 2.32. The quantitative estimate of drug-likeness (QED) is 0.486. The molecule has 0 unspecified atom stereocenters. The normalized spacial score (nSPS) is 16.3. The van der Waals surface area contributed by atoms with E-state index in [1.807, 2.05) is 0 Å². The Morgan fingerprint density at radius 3 is 2.82 bits per heavy atom. The van der Waals surface area contributed by atoms with Gasteiger partial charge in [0.25, 0.3) is 0 Å². The highest BCUT2D eigenvalue weighted by Crippen LogP contribution is 2.43. The van der Waals surface area contributed by atoms with Crippen molar-refractivity contribution < 1.29 is 13.6 Å². The Bertz CT molecular complexity index is 1460. The number of benzene rings is 1. The van der Waals surface area contributed by atoms with E-state index >= 15 is 0 Å². The topological polar surface area (TPSA) is 81.3 Å². The minimum Gasteiger partial charge on any atom is -0.322 e. The van der Waals surface area contributed by atoms with Gasteiger partial charge < -0.3 is 5.32 Å². The molecule has 4 aromatic rings. The van der Waals surface area contributed by atoms with Gasteiger partial charge in [0, 0.05) is 10.9 Å². The second-order valence-electron chi connectivity index (χ2n) is 9.54. The summed E-state index contributed by atoms with van der Waals surface area (Å²) in [4.78, 5) is 31.9. The van der Waals surface area contributed by atoms with Gasteiger partial charge in [-0.05, 0) is 48.3 Å². The molecule has 33 heavy (non-hydrogen) atoms. The second kappa shape index (κ2) is 7.72. The van der Waals surface area contributed by atoms with Gasteiger partial charge in [0.05, 0.1) is 11.1 Å². The van der Waals surface area contributed by atoms with Gasteiger partial charge in [-0.1, -0.05) is 20.8 Å². The molecule has 3 aromatic heterocycles. The number of halogens is 2. The third kappa shape index (κ3) is 3.82. The van der Waals surface area contributed by atoms with Gasteiger partial charge in [-0.25, -0.2) is 27.6 Å². The minimum atomic E-state index is -0.893. The van der Waals surface area contributed by atoms with Gasteiger partial charge in [0.15, 0.2) is 5.65 Å². The van der Waals surface area contributed by atoms with Crippen molar-refractivity contribution in [3.63, 3.8) is 0 Å². The Balaban J connectivity index is 1.48. The molecule has 10 heteroatoms. The Hall–Kier alpha value is -3.14. The third-order valence-electron chi connectivity index (χ3n) is 6.35. The number of aryl methyl sites for hydroxylation is 1. The molecule has 1 N–H and O–H groups in total. The van der Waals surface area contributed by atoms with Gasteiger partial charge in [-0.3, -0.25) is 4.79 Å². The van der Waals surface area contributed by atoms with Crippen LogP contribution in [0, 0.1) is 23.0 Å². The maximum absolute atomic E-state index is 13.8. The number of amides is 1. The molecule has 0 fully saturated rings. The predicted octanol–water partition coefficient (Wildman–Crippen LogP) is 4.17. The van der Waals surface area contributed by atoms with Crippen molar-refractivity contribution in [3.05, 3.63) is 57.1 Å². The van der Waals surface area contributed by atoms with Gasteiger partial charge >= 0.3 is 5.69 Å². The maximum Gasteiger partial charge on any atom is 0.352 e. The lowest BCUT2D eigenvalue weighted by atomic mass is 9.72. The molecule has 1 amide bonds. The van der Waals surface area contributed by atoms with Crippen molar-refractivity contribution >= 4 is 38.8 Å². The third-order valence-corrected chi connectivity index (χ3v) is 7.52. The largest absolute Gasteiger partial charge is 0.352 e. The molecule has 1 aliphatic rings. The first-order valence-electron chi connectivity index (χ1n) is 10.7. The zero-order valence-electron chi connectivity index (χ0n) is 18.5. The van der Waals surface area contributed by atoms with E-state index in [1.165, 1.54) is 21.2 Å². The second-order valence-corrected chi connectivity index (χ2v) is 10.6. The van der Waals surface area contributed by atoms with Crippen LogP contribution in [0.1, 0.15) is 37.6 Å². The fourth-order valence-electron chi connectivity index (χ4n) is 4.46. The van der Waals surface area contributed by atoms with E-state index in [-0.39, 0.29) is 11.1 Å². The molecule has 0 spiro atoms. The number of hydrogen-bond acceptors (Lipinski definition) is 5. The number of carbonyl (C=O) groups is 1. The van der Waals surface area contributed by atoms with Crippen LogP contribution < -0.4 is 11.0 Å². The zero-order chi connectivity index (χ0) is 23.5. The van der Waals surface area contributed by atoms with Gasteiger partial charge in [0.2, 0.25) is 5.91 Å². The molecule has 1 atom stereocenters. The van der Waals surface area contributed by atoms with Crippen molar-refractivity contribution in [1.82, 2.24) is 19.2 Å². The lowest BCUT2D eigenvalue weighted by Gasteiger charge is -2.33. The van der Waals surface area contributed by atoms with E-state index < -0.39 is 29.8 Å². The molecule has 0 aliphatic heterocycles. The standard InChI is InChI=1S/C23H23F2N5O2S/c1-23(2,3)12-4-6-14-17(8-12)33-21-19(14)20-28-30(22(32)29(20)11-26-21)10-18(31)27-16-7-5-13(24)9-15(16)25/h5,7,9,11-12H,4,6,8,10H2,1-3H3,(H,27,31)/t12-/m0/s1. The number of anilines is 1. The Labute approximate surface area is 192 Å². The number of rotatable bonds is 3. The van der Waals surface area contributed by atoms with Crippen LogP contribution in [0.5, 0.6) is 0 Å². The summed E-state index contributed by atoms with van der Waals surface area (Å²) < 4.78 is 29.3. The summed E-state index contributed by atoms with van der Waals surface area (Å²) in [5.74, 6) is -1.71. The molecule has 1 aliphatic carbocycles. The number of aromatic nitrogens is 4. The van der Waals surface area contributed by atoms with Crippen LogP contribution >= 0.6 is 11.3 Å². The summed E-state index contributed by atoms with van der Waals surface area (Å²) in [6, 6.07) is 2.85. The monoisotopic (exact) mass is 471 g/mol. The molecular weight excluding hydrogens is 448 g/mol. The maximum atomic E-state index is 13.8. The van der Waals surface area contributed by atoms with Crippen LogP contribution in [-0.4, -0.2) is 25.1 Å². The van der Waals surface area contributed by atoms with Crippen LogP contribution in [0.25, 0.3) is 15.9 Å². The van der Waals surface area contributed by atoms with E-state index in [0.29, 0.717) is 17.6 Å². The molecule has 0 bridgehead atoms. The van der Waals surface area contributed by atoms with Gasteiger partial charge in [0.1, 0.15) is 29.3 Å². The summed E-state index contributed by atoms with van der Waals surface area (Å²) >= 11 is 1.64. The number of thiophene rings is 1. The summed E-state index contributed by atoms with van der Waals surface area (Å²) in [5.41, 5.74) is 1.20. The summed E-state index contributed by atoms with van der Waals surface area (Å²) in [6.45, 7) is 6.38. The molecule has 5 rings (SSSR count). The predicted molar refractivity (Wildman–Crippen MR) is 123 cm³/mol. The molecule has 1 aromatic carbocycles.